The quantitative estimate of drug-likeness (QED) is 0.737. The van der Waals surface area contributed by atoms with Gasteiger partial charge < -0.3 is 0 Å². The summed E-state index contributed by atoms with van der Waals surface area (Å²) in [6.45, 7) is 7.19. The van der Waals surface area contributed by atoms with Gasteiger partial charge in [0.1, 0.15) is 4.60 Å². The number of likely N-dealkylation sites (tertiary alicyclic amines) is 1. The Labute approximate surface area is 152 Å². The summed E-state index contributed by atoms with van der Waals surface area (Å²) < 4.78 is 3.22. The summed E-state index contributed by atoms with van der Waals surface area (Å²) in [6, 6.07) is 3.54. The van der Waals surface area contributed by atoms with Crippen molar-refractivity contribution >= 4 is 27.7 Å². The molecule has 4 rings (SSSR count). The van der Waals surface area contributed by atoms with E-state index in [-0.39, 0.29) is 0 Å². The SMILES string of the molecule is CC(C)n1nc(Br)cc1C1CCC(N2CCC3(CSC3)C2)CC1. The molecule has 2 saturated heterocycles. The van der Waals surface area contributed by atoms with Crippen LogP contribution >= 0.6 is 27.7 Å². The number of halogens is 1. The standard InChI is InChI=1S/C18H28BrN3S/c1-13(2)22-16(9-17(19)20-22)14-3-5-15(6-4-14)21-8-7-18(10-21)11-23-12-18/h9,13-15H,3-8,10-12H2,1-2H3. The molecule has 23 heavy (non-hydrogen) atoms. The van der Waals surface area contributed by atoms with Crippen LogP contribution in [-0.2, 0) is 0 Å². The maximum absolute atomic E-state index is 4.64. The van der Waals surface area contributed by atoms with E-state index in [1.165, 1.54) is 62.4 Å². The third kappa shape index (κ3) is 3.13. The van der Waals surface area contributed by atoms with E-state index in [4.69, 9.17) is 0 Å². The van der Waals surface area contributed by atoms with Crippen molar-refractivity contribution in [2.45, 2.75) is 64.0 Å². The van der Waals surface area contributed by atoms with E-state index in [1.807, 2.05) is 0 Å². The fourth-order valence-electron chi connectivity index (χ4n) is 4.74. The van der Waals surface area contributed by atoms with Crippen molar-refractivity contribution < 1.29 is 0 Å². The molecule has 128 valence electrons. The van der Waals surface area contributed by atoms with Gasteiger partial charge in [-0.1, -0.05) is 0 Å². The van der Waals surface area contributed by atoms with Crippen LogP contribution in [0.3, 0.4) is 0 Å². The molecule has 0 amide bonds. The van der Waals surface area contributed by atoms with E-state index in [0.29, 0.717) is 17.4 Å². The Morgan fingerprint density at radius 3 is 2.57 bits per heavy atom. The largest absolute Gasteiger partial charge is 0.300 e. The molecule has 1 aliphatic carbocycles. The van der Waals surface area contributed by atoms with Gasteiger partial charge in [-0.25, -0.2) is 0 Å². The second kappa shape index (κ2) is 6.38. The molecule has 0 atom stereocenters. The molecule has 3 nitrogen and oxygen atoms in total. The molecule has 1 aromatic rings. The van der Waals surface area contributed by atoms with Gasteiger partial charge >= 0.3 is 0 Å². The highest BCUT2D eigenvalue weighted by Crippen LogP contribution is 2.47. The van der Waals surface area contributed by atoms with Gasteiger partial charge in [0.15, 0.2) is 0 Å². The van der Waals surface area contributed by atoms with E-state index >= 15 is 0 Å². The minimum atomic E-state index is 0.448. The molecule has 0 radical (unpaired) electrons. The number of nitrogens with zero attached hydrogens (tertiary/aromatic N) is 3. The Morgan fingerprint density at radius 1 is 1.26 bits per heavy atom. The first-order chi connectivity index (χ1) is 11.1. The van der Waals surface area contributed by atoms with Crippen molar-refractivity contribution in [1.82, 2.24) is 14.7 Å². The van der Waals surface area contributed by atoms with Crippen LogP contribution in [0.25, 0.3) is 0 Å². The van der Waals surface area contributed by atoms with Gasteiger partial charge in [0.25, 0.3) is 0 Å². The van der Waals surface area contributed by atoms with Crippen molar-refractivity contribution in [3.05, 3.63) is 16.4 Å². The first kappa shape index (κ1) is 16.5. The molecule has 3 fully saturated rings. The zero-order chi connectivity index (χ0) is 16.0. The van der Waals surface area contributed by atoms with E-state index in [2.05, 4.69) is 62.3 Å². The number of hydrogen-bond donors (Lipinski definition) is 0. The molecule has 3 heterocycles. The average molecular weight is 398 g/mol. The molecule has 0 N–H and O–H groups in total. The molecule has 0 unspecified atom stereocenters. The molecule has 5 heteroatoms. The molecule has 2 aliphatic heterocycles. The Bertz CT molecular complexity index is 559. The molecule has 1 aromatic heterocycles. The maximum Gasteiger partial charge on any atom is 0.128 e. The number of thioether (sulfide) groups is 1. The number of hydrogen-bond acceptors (Lipinski definition) is 3. The van der Waals surface area contributed by atoms with Crippen LogP contribution in [0.4, 0.5) is 0 Å². The third-order valence-corrected chi connectivity index (χ3v) is 8.16. The van der Waals surface area contributed by atoms with Crippen molar-refractivity contribution in [1.29, 1.82) is 0 Å². The zero-order valence-corrected chi connectivity index (χ0v) is 16.7. The zero-order valence-electron chi connectivity index (χ0n) is 14.3. The molecule has 0 aromatic carbocycles. The minimum Gasteiger partial charge on any atom is -0.300 e. The summed E-state index contributed by atoms with van der Waals surface area (Å²) in [5.74, 6) is 3.53. The predicted octanol–water partition coefficient (Wildman–Crippen LogP) is 4.69. The second-order valence-electron chi connectivity index (χ2n) is 8.15. The van der Waals surface area contributed by atoms with E-state index in [9.17, 15) is 0 Å². The van der Waals surface area contributed by atoms with E-state index < -0.39 is 0 Å². The predicted molar refractivity (Wildman–Crippen MR) is 101 cm³/mol. The Hall–Kier alpha value is -0.0000000000000000555. The normalized spacial score (nSPS) is 31.0. The summed E-state index contributed by atoms with van der Waals surface area (Å²) in [5.41, 5.74) is 2.15. The lowest BCUT2D eigenvalue weighted by atomic mass is 9.83. The van der Waals surface area contributed by atoms with Gasteiger partial charge in [-0.15, -0.1) is 0 Å². The van der Waals surface area contributed by atoms with Crippen LogP contribution in [0.1, 0.15) is 63.6 Å². The highest BCUT2D eigenvalue weighted by Gasteiger charge is 2.45. The van der Waals surface area contributed by atoms with Gasteiger partial charge in [-0.05, 0) is 74.5 Å². The second-order valence-corrected chi connectivity index (χ2v) is 9.95. The summed E-state index contributed by atoms with van der Waals surface area (Å²) in [4.78, 5) is 2.82. The molecule has 3 aliphatic rings. The third-order valence-electron chi connectivity index (χ3n) is 6.14. The van der Waals surface area contributed by atoms with Crippen molar-refractivity contribution in [2.24, 2.45) is 5.41 Å². The van der Waals surface area contributed by atoms with Crippen molar-refractivity contribution in [3.8, 4) is 0 Å². The summed E-state index contributed by atoms with van der Waals surface area (Å²) in [6.07, 6.45) is 6.85. The van der Waals surface area contributed by atoms with Crippen LogP contribution in [0.2, 0.25) is 0 Å². The Kier molecular flexibility index (Phi) is 4.57. The summed E-state index contributed by atoms with van der Waals surface area (Å²) in [7, 11) is 0. The van der Waals surface area contributed by atoms with Gasteiger partial charge in [-0.2, -0.15) is 16.9 Å². The molecule has 1 spiro atoms. The Balaban J connectivity index is 1.38. The maximum atomic E-state index is 4.64. The lowest BCUT2D eigenvalue weighted by molar-refractivity contribution is 0.164. The van der Waals surface area contributed by atoms with Crippen LogP contribution in [0, 0.1) is 5.41 Å². The number of rotatable bonds is 3. The van der Waals surface area contributed by atoms with Crippen LogP contribution in [-0.4, -0.2) is 45.3 Å². The first-order valence-corrected chi connectivity index (χ1v) is 11.1. The summed E-state index contributed by atoms with van der Waals surface area (Å²) in [5, 5.41) is 4.64. The van der Waals surface area contributed by atoms with Crippen LogP contribution in [0.15, 0.2) is 10.7 Å². The van der Waals surface area contributed by atoms with Gasteiger partial charge in [0.2, 0.25) is 0 Å². The van der Waals surface area contributed by atoms with Gasteiger partial charge in [0.05, 0.1) is 0 Å². The first-order valence-electron chi connectivity index (χ1n) is 9.13. The van der Waals surface area contributed by atoms with Crippen molar-refractivity contribution in [2.75, 3.05) is 24.6 Å². The van der Waals surface area contributed by atoms with E-state index in [0.717, 1.165) is 10.6 Å². The highest BCUT2D eigenvalue weighted by atomic mass is 79.9. The minimum absolute atomic E-state index is 0.448. The topological polar surface area (TPSA) is 21.1 Å². The van der Waals surface area contributed by atoms with Gasteiger partial charge in [-0.3, -0.25) is 9.58 Å². The van der Waals surface area contributed by atoms with E-state index in [1.54, 1.807) is 0 Å². The van der Waals surface area contributed by atoms with Crippen molar-refractivity contribution in [3.63, 3.8) is 0 Å². The lowest BCUT2D eigenvalue weighted by Gasteiger charge is -2.40. The fraction of sp³-hybridized carbons (Fsp3) is 0.833. The van der Waals surface area contributed by atoms with Crippen LogP contribution in [0.5, 0.6) is 0 Å². The highest BCUT2D eigenvalue weighted by molar-refractivity contribution is 9.10. The molecular weight excluding hydrogens is 370 g/mol. The summed E-state index contributed by atoms with van der Waals surface area (Å²) >= 11 is 5.71. The fourth-order valence-corrected chi connectivity index (χ4v) is 6.40. The smallest absolute Gasteiger partial charge is 0.128 e. The number of aromatic nitrogens is 2. The molecule has 0 bridgehead atoms. The monoisotopic (exact) mass is 397 g/mol. The average Bonchev–Trinajstić information content (AvgIpc) is 3.11. The molecular formula is C18H28BrN3S. The Morgan fingerprint density at radius 2 is 2.00 bits per heavy atom. The van der Waals surface area contributed by atoms with Crippen LogP contribution < -0.4 is 0 Å². The van der Waals surface area contributed by atoms with Gasteiger partial charge in [0, 0.05) is 47.2 Å². The molecule has 1 saturated carbocycles. The lowest BCUT2D eigenvalue weighted by Crippen LogP contribution is -2.42.